The molecule has 0 aliphatic rings. The van der Waals surface area contributed by atoms with Gasteiger partial charge in [0, 0.05) is 30.3 Å². The monoisotopic (exact) mass is 281 g/mol. The van der Waals surface area contributed by atoms with Crippen LogP contribution in [0.3, 0.4) is 0 Å². The van der Waals surface area contributed by atoms with E-state index in [0.29, 0.717) is 12.1 Å². The Morgan fingerprint density at radius 1 is 1.19 bits per heavy atom. The van der Waals surface area contributed by atoms with E-state index in [0.717, 1.165) is 16.9 Å². The summed E-state index contributed by atoms with van der Waals surface area (Å²) in [5.74, 6) is -0.166. The summed E-state index contributed by atoms with van der Waals surface area (Å²) in [6.07, 6.45) is 5.42. The number of benzene rings is 2. The fourth-order valence-corrected chi connectivity index (χ4v) is 2.21. The van der Waals surface area contributed by atoms with Crippen molar-refractivity contribution in [2.45, 2.75) is 13.5 Å². The van der Waals surface area contributed by atoms with Gasteiger partial charge in [0.05, 0.1) is 6.33 Å². The first kappa shape index (κ1) is 13.4. The second kappa shape index (κ2) is 5.79. The number of nitrogens with one attached hydrogen (secondary N) is 1. The summed E-state index contributed by atoms with van der Waals surface area (Å²) in [5.41, 5.74) is 3.79. The lowest BCUT2D eigenvalue weighted by molar-refractivity contribution is 0.617. The Morgan fingerprint density at radius 3 is 2.86 bits per heavy atom. The van der Waals surface area contributed by atoms with Crippen LogP contribution in [0.1, 0.15) is 11.1 Å². The summed E-state index contributed by atoms with van der Waals surface area (Å²) in [4.78, 5) is 4.05. The van der Waals surface area contributed by atoms with Crippen LogP contribution in [0, 0.1) is 12.7 Å². The predicted octanol–water partition coefficient (Wildman–Crippen LogP) is 3.93. The van der Waals surface area contributed by atoms with Gasteiger partial charge in [0.2, 0.25) is 0 Å². The molecule has 0 amide bonds. The van der Waals surface area contributed by atoms with Crippen LogP contribution >= 0.6 is 0 Å². The molecule has 3 aromatic rings. The number of halogens is 1. The average molecular weight is 281 g/mol. The van der Waals surface area contributed by atoms with Crippen LogP contribution in [0.2, 0.25) is 0 Å². The van der Waals surface area contributed by atoms with E-state index in [1.54, 1.807) is 25.5 Å². The number of aryl methyl sites for hydroxylation is 1. The Morgan fingerprint density at radius 2 is 2.10 bits per heavy atom. The smallest absolute Gasteiger partial charge is 0.126 e. The minimum atomic E-state index is -0.166. The Kier molecular flexibility index (Phi) is 3.69. The third-order valence-corrected chi connectivity index (χ3v) is 3.37. The van der Waals surface area contributed by atoms with Crippen LogP contribution < -0.4 is 5.32 Å². The van der Waals surface area contributed by atoms with Crippen LogP contribution in [0.4, 0.5) is 10.1 Å². The molecule has 0 fully saturated rings. The van der Waals surface area contributed by atoms with Gasteiger partial charge in [0.1, 0.15) is 5.82 Å². The van der Waals surface area contributed by atoms with Crippen LogP contribution in [-0.4, -0.2) is 9.55 Å². The molecule has 0 aliphatic heterocycles. The lowest BCUT2D eigenvalue weighted by atomic mass is 10.1. The fraction of sp³-hybridized carbons (Fsp3) is 0.118. The molecule has 21 heavy (non-hydrogen) atoms. The van der Waals surface area contributed by atoms with Gasteiger partial charge in [-0.15, -0.1) is 0 Å². The molecule has 3 nitrogen and oxygen atoms in total. The van der Waals surface area contributed by atoms with Crippen LogP contribution in [0.5, 0.6) is 0 Å². The quantitative estimate of drug-likeness (QED) is 0.785. The molecule has 0 saturated carbocycles. The lowest BCUT2D eigenvalue weighted by Crippen LogP contribution is -2.01. The highest BCUT2D eigenvalue weighted by molar-refractivity contribution is 5.51. The summed E-state index contributed by atoms with van der Waals surface area (Å²) in [6, 6.07) is 13.3. The number of rotatable bonds is 4. The van der Waals surface area contributed by atoms with Crippen molar-refractivity contribution in [3.63, 3.8) is 0 Å². The van der Waals surface area contributed by atoms with Crippen LogP contribution in [0.25, 0.3) is 5.69 Å². The highest BCUT2D eigenvalue weighted by atomic mass is 19.1. The number of anilines is 1. The Balaban J connectivity index is 1.73. The maximum atomic E-state index is 13.2. The highest BCUT2D eigenvalue weighted by Gasteiger charge is 2.01. The van der Waals surface area contributed by atoms with Gasteiger partial charge in [-0.3, -0.25) is 0 Å². The lowest BCUT2D eigenvalue weighted by Gasteiger charge is -2.10. The summed E-state index contributed by atoms with van der Waals surface area (Å²) in [6.45, 7) is 2.44. The maximum Gasteiger partial charge on any atom is 0.126 e. The Bertz CT molecular complexity index is 736. The van der Waals surface area contributed by atoms with Crippen molar-refractivity contribution < 1.29 is 4.39 Å². The molecule has 0 bridgehead atoms. The second-order valence-electron chi connectivity index (χ2n) is 4.96. The molecule has 0 aliphatic carbocycles. The Labute approximate surface area is 123 Å². The predicted molar refractivity (Wildman–Crippen MR) is 82.0 cm³/mol. The van der Waals surface area contributed by atoms with E-state index >= 15 is 0 Å². The summed E-state index contributed by atoms with van der Waals surface area (Å²) >= 11 is 0. The minimum Gasteiger partial charge on any atom is -0.381 e. The molecular formula is C17H16FN3. The standard InChI is InChI=1S/C17H16FN3/c1-13-9-14(5-6-17(13)18)11-20-15-3-2-4-16(10-15)21-8-7-19-12-21/h2-10,12,20H,11H2,1H3. The van der Waals surface area contributed by atoms with E-state index in [1.165, 1.54) is 6.07 Å². The van der Waals surface area contributed by atoms with Gasteiger partial charge in [0.15, 0.2) is 0 Å². The van der Waals surface area contributed by atoms with E-state index in [1.807, 2.05) is 35.0 Å². The number of hydrogen-bond donors (Lipinski definition) is 1. The fourth-order valence-electron chi connectivity index (χ4n) is 2.21. The van der Waals surface area contributed by atoms with Crippen LogP contribution in [0.15, 0.2) is 61.2 Å². The van der Waals surface area contributed by atoms with Gasteiger partial charge in [-0.2, -0.15) is 0 Å². The summed E-state index contributed by atoms with van der Waals surface area (Å²) in [5, 5.41) is 3.35. The van der Waals surface area contributed by atoms with Gasteiger partial charge < -0.3 is 9.88 Å². The van der Waals surface area contributed by atoms with Crippen molar-refractivity contribution in [2.75, 3.05) is 5.32 Å². The summed E-state index contributed by atoms with van der Waals surface area (Å²) in [7, 11) is 0. The molecule has 0 spiro atoms. The SMILES string of the molecule is Cc1cc(CNc2cccc(-n3ccnc3)c2)ccc1F. The molecule has 1 aromatic heterocycles. The zero-order valence-electron chi connectivity index (χ0n) is 11.8. The van der Waals surface area contributed by atoms with Crippen molar-refractivity contribution >= 4 is 5.69 Å². The van der Waals surface area contributed by atoms with Crippen molar-refractivity contribution in [1.82, 2.24) is 9.55 Å². The number of hydrogen-bond acceptors (Lipinski definition) is 2. The van der Waals surface area contributed by atoms with E-state index in [-0.39, 0.29) is 5.82 Å². The molecule has 1 N–H and O–H groups in total. The molecule has 0 unspecified atom stereocenters. The summed E-state index contributed by atoms with van der Waals surface area (Å²) < 4.78 is 15.2. The molecule has 3 rings (SSSR count). The number of aromatic nitrogens is 2. The first-order chi connectivity index (χ1) is 10.2. The number of imidazole rings is 1. The first-order valence-electron chi connectivity index (χ1n) is 6.80. The van der Waals surface area contributed by atoms with Crippen molar-refractivity contribution in [1.29, 1.82) is 0 Å². The third kappa shape index (κ3) is 3.11. The van der Waals surface area contributed by atoms with Gasteiger partial charge in [-0.05, 0) is 42.3 Å². The normalized spacial score (nSPS) is 10.6. The molecular weight excluding hydrogens is 265 g/mol. The van der Waals surface area contributed by atoms with Crippen LogP contribution in [-0.2, 0) is 6.54 Å². The van der Waals surface area contributed by atoms with E-state index in [9.17, 15) is 4.39 Å². The molecule has 106 valence electrons. The molecule has 1 heterocycles. The van der Waals surface area contributed by atoms with Crippen molar-refractivity contribution in [3.8, 4) is 5.69 Å². The Hall–Kier alpha value is -2.62. The molecule has 0 radical (unpaired) electrons. The van der Waals surface area contributed by atoms with E-state index in [2.05, 4.69) is 16.4 Å². The molecule has 0 atom stereocenters. The molecule has 0 saturated heterocycles. The van der Waals surface area contributed by atoms with E-state index < -0.39 is 0 Å². The zero-order chi connectivity index (χ0) is 14.7. The van der Waals surface area contributed by atoms with Gasteiger partial charge in [0.25, 0.3) is 0 Å². The molecule has 4 heteroatoms. The highest BCUT2D eigenvalue weighted by Crippen LogP contribution is 2.16. The van der Waals surface area contributed by atoms with Gasteiger partial charge in [-0.1, -0.05) is 18.2 Å². The zero-order valence-corrected chi connectivity index (χ0v) is 11.8. The van der Waals surface area contributed by atoms with Crippen molar-refractivity contribution in [2.24, 2.45) is 0 Å². The average Bonchev–Trinajstić information content (AvgIpc) is 3.03. The minimum absolute atomic E-state index is 0.166. The number of nitrogens with zero attached hydrogens (tertiary/aromatic N) is 2. The molecule has 2 aromatic carbocycles. The first-order valence-corrected chi connectivity index (χ1v) is 6.80. The van der Waals surface area contributed by atoms with Crippen molar-refractivity contribution in [3.05, 3.63) is 78.1 Å². The van der Waals surface area contributed by atoms with Gasteiger partial charge in [-0.25, -0.2) is 9.37 Å². The largest absolute Gasteiger partial charge is 0.381 e. The van der Waals surface area contributed by atoms with Gasteiger partial charge >= 0.3 is 0 Å². The van der Waals surface area contributed by atoms with E-state index in [4.69, 9.17) is 0 Å². The topological polar surface area (TPSA) is 29.9 Å². The maximum absolute atomic E-state index is 13.2. The third-order valence-electron chi connectivity index (χ3n) is 3.37. The second-order valence-corrected chi connectivity index (χ2v) is 4.96.